The molecule has 0 spiro atoms. The van der Waals surface area contributed by atoms with E-state index in [0.717, 1.165) is 13.1 Å². The van der Waals surface area contributed by atoms with Gasteiger partial charge in [0.05, 0.1) is 18.8 Å². The lowest BCUT2D eigenvalue weighted by atomic mass is 9.90. The van der Waals surface area contributed by atoms with Gasteiger partial charge in [0.1, 0.15) is 23.8 Å². The van der Waals surface area contributed by atoms with Crippen LogP contribution < -0.4 is 9.64 Å². The van der Waals surface area contributed by atoms with E-state index in [-0.39, 0.29) is 19.0 Å². The summed E-state index contributed by atoms with van der Waals surface area (Å²) in [5, 5.41) is 22.4. The molecule has 0 amide bonds. The van der Waals surface area contributed by atoms with Crippen molar-refractivity contribution >= 4 is 5.69 Å². The van der Waals surface area contributed by atoms with Crippen molar-refractivity contribution in [2.45, 2.75) is 31.0 Å². The highest BCUT2D eigenvalue weighted by molar-refractivity contribution is 5.48. The van der Waals surface area contributed by atoms with Crippen molar-refractivity contribution in [3.63, 3.8) is 0 Å². The Morgan fingerprint density at radius 1 is 1.03 bits per heavy atom. The third kappa shape index (κ3) is 5.98. The fraction of sp³-hybridized carbons (Fsp3) is 0.520. The Morgan fingerprint density at radius 2 is 1.78 bits per heavy atom. The number of ether oxygens (including phenoxy) is 2. The highest BCUT2D eigenvalue weighted by atomic mass is 19.1. The number of rotatable bonds is 6. The van der Waals surface area contributed by atoms with Crippen molar-refractivity contribution in [1.29, 1.82) is 0 Å². The van der Waals surface area contributed by atoms with Gasteiger partial charge in [0.15, 0.2) is 0 Å². The summed E-state index contributed by atoms with van der Waals surface area (Å²) in [5.41, 5.74) is 0.421. The summed E-state index contributed by atoms with van der Waals surface area (Å²) in [5.74, 6) is 0.166. The van der Waals surface area contributed by atoms with Crippen LogP contribution in [0.4, 0.5) is 10.1 Å². The lowest BCUT2D eigenvalue weighted by Crippen LogP contribution is -2.55. The van der Waals surface area contributed by atoms with Crippen molar-refractivity contribution in [2.24, 2.45) is 0 Å². The monoisotopic (exact) mass is 444 g/mol. The number of hydrogen-bond donors (Lipinski definition) is 2. The zero-order chi connectivity index (χ0) is 22.6. The minimum absolute atomic E-state index is 0.0364. The Hall–Kier alpha value is -2.19. The molecule has 2 fully saturated rings. The van der Waals surface area contributed by atoms with Gasteiger partial charge in [-0.25, -0.2) is 4.39 Å². The first-order chi connectivity index (χ1) is 15.3. The Kier molecular flexibility index (Phi) is 7.00. The van der Waals surface area contributed by atoms with E-state index in [1.807, 2.05) is 0 Å². The molecule has 1 atom stereocenters. The van der Waals surface area contributed by atoms with Crippen LogP contribution in [-0.2, 0) is 4.74 Å². The number of piperidine rings is 1. The number of benzene rings is 2. The fourth-order valence-electron chi connectivity index (χ4n) is 4.55. The average molecular weight is 445 g/mol. The molecule has 0 bridgehead atoms. The summed E-state index contributed by atoms with van der Waals surface area (Å²) in [6.45, 7) is 5.83. The topological polar surface area (TPSA) is 65.4 Å². The van der Waals surface area contributed by atoms with E-state index in [1.165, 1.54) is 23.4 Å². The number of aryl methyl sites for hydroxylation is 1. The zero-order valence-corrected chi connectivity index (χ0v) is 18.7. The molecule has 2 aromatic carbocycles. The van der Waals surface area contributed by atoms with Crippen molar-refractivity contribution in [1.82, 2.24) is 4.90 Å². The lowest BCUT2D eigenvalue weighted by Gasteiger charge is -2.42. The summed E-state index contributed by atoms with van der Waals surface area (Å²) in [6, 6.07) is 14.2. The van der Waals surface area contributed by atoms with Crippen LogP contribution in [0.2, 0.25) is 0 Å². The van der Waals surface area contributed by atoms with Gasteiger partial charge in [-0.1, -0.05) is 12.1 Å². The standard InChI is InChI=1S/C25H33FN2O4/c1-20-3-2-4-22(15-20)28-11-9-24(29,10-12-28)16-27-13-14-31-18-25(30,17-27)19-32-23-7-5-21(26)6-8-23/h2-8,15,29-30H,9-14,16-19H2,1H3/t25-/m1/s1. The van der Waals surface area contributed by atoms with Crippen LogP contribution in [0.25, 0.3) is 0 Å². The molecule has 0 radical (unpaired) electrons. The van der Waals surface area contributed by atoms with Crippen LogP contribution in [0.5, 0.6) is 5.75 Å². The van der Waals surface area contributed by atoms with Gasteiger partial charge in [0.25, 0.3) is 0 Å². The summed E-state index contributed by atoms with van der Waals surface area (Å²) < 4.78 is 24.4. The van der Waals surface area contributed by atoms with Gasteiger partial charge in [0.2, 0.25) is 0 Å². The molecule has 2 heterocycles. The summed E-state index contributed by atoms with van der Waals surface area (Å²) in [7, 11) is 0. The second-order valence-electron chi connectivity index (χ2n) is 9.28. The largest absolute Gasteiger partial charge is 0.490 e. The van der Waals surface area contributed by atoms with Crippen LogP contribution in [0.3, 0.4) is 0 Å². The van der Waals surface area contributed by atoms with E-state index in [0.29, 0.717) is 44.8 Å². The maximum Gasteiger partial charge on any atom is 0.134 e. The molecule has 2 N–H and O–H groups in total. The van der Waals surface area contributed by atoms with Gasteiger partial charge >= 0.3 is 0 Å². The molecule has 0 aliphatic carbocycles. The average Bonchev–Trinajstić information content (AvgIpc) is 2.95. The van der Waals surface area contributed by atoms with Gasteiger partial charge in [-0.15, -0.1) is 0 Å². The van der Waals surface area contributed by atoms with Crippen LogP contribution in [0, 0.1) is 12.7 Å². The molecule has 2 aliphatic rings. The van der Waals surface area contributed by atoms with Crippen molar-refractivity contribution in [2.75, 3.05) is 57.4 Å². The Balaban J connectivity index is 1.33. The maximum absolute atomic E-state index is 13.1. The van der Waals surface area contributed by atoms with Crippen molar-refractivity contribution in [3.8, 4) is 5.75 Å². The van der Waals surface area contributed by atoms with Gasteiger partial charge in [-0.3, -0.25) is 4.90 Å². The Bertz CT molecular complexity index is 886. The number of aliphatic hydroxyl groups is 2. The van der Waals surface area contributed by atoms with Crippen LogP contribution in [0.15, 0.2) is 48.5 Å². The van der Waals surface area contributed by atoms with Crippen LogP contribution in [-0.4, -0.2) is 78.9 Å². The summed E-state index contributed by atoms with van der Waals surface area (Å²) in [6.07, 6.45) is 1.34. The van der Waals surface area contributed by atoms with E-state index in [1.54, 1.807) is 12.1 Å². The molecule has 6 nitrogen and oxygen atoms in total. The normalized spacial score (nSPS) is 24.2. The van der Waals surface area contributed by atoms with E-state index in [2.05, 4.69) is 41.0 Å². The highest BCUT2D eigenvalue weighted by Crippen LogP contribution is 2.28. The minimum atomic E-state index is -1.20. The number of β-amino-alcohol motifs (C(OH)–C–C–N with tert-alkyl or cyclic N) is 2. The quantitative estimate of drug-likeness (QED) is 0.714. The number of anilines is 1. The lowest BCUT2D eigenvalue weighted by molar-refractivity contribution is -0.0742. The third-order valence-electron chi connectivity index (χ3n) is 6.34. The number of halogens is 1. The fourth-order valence-corrected chi connectivity index (χ4v) is 4.55. The molecular formula is C25H33FN2O4. The number of hydrogen-bond acceptors (Lipinski definition) is 6. The SMILES string of the molecule is Cc1cccc(N2CCC(O)(CN3CCOC[C@@](O)(COc4ccc(F)cc4)C3)CC2)c1. The van der Waals surface area contributed by atoms with Gasteiger partial charge in [-0.2, -0.15) is 0 Å². The zero-order valence-electron chi connectivity index (χ0n) is 18.7. The first kappa shape index (κ1) is 23.0. The number of nitrogens with zero attached hydrogens (tertiary/aromatic N) is 2. The van der Waals surface area contributed by atoms with E-state index >= 15 is 0 Å². The maximum atomic E-state index is 13.1. The molecule has 0 saturated carbocycles. The second-order valence-corrected chi connectivity index (χ2v) is 9.28. The predicted octanol–water partition coefficient (Wildman–Crippen LogP) is 2.61. The minimum Gasteiger partial charge on any atom is -0.490 e. The molecule has 32 heavy (non-hydrogen) atoms. The van der Waals surface area contributed by atoms with Crippen LogP contribution in [0.1, 0.15) is 18.4 Å². The summed E-state index contributed by atoms with van der Waals surface area (Å²) >= 11 is 0. The van der Waals surface area contributed by atoms with Crippen molar-refractivity contribution in [3.05, 3.63) is 59.9 Å². The van der Waals surface area contributed by atoms with E-state index in [4.69, 9.17) is 9.47 Å². The van der Waals surface area contributed by atoms with Crippen LogP contribution >= 0.6 is 0 Å². The Morgan fingerprint density at radius 3 is 2.50 bits per heavy atom. The first-order valence-electron chi connectivity index (χ1n) is 11.3. The molecule has 0 unspecified atom stereocenters. The molecule has 7 heteroatoms. The Labute approximate surface area is 189 Å². The smallest absolute Gasteiger partial charge is 0.134 e. The highest BCUT2D eigenvalue weighted by Gasteiger charge is 2.39. The molecular weight excluding hydrogens is 411 g/mol. The molecule has 2 saturated heterocycles. The van der Waals surface area contributed by atoms with E-state index in [9.17, 15) is 14.6 Å². The molecule has 4 rings (SSSR count). The third-order valence-corrected chi connectivity index (χ3v) is 6.34. The molecule has 0 aromatic heterocycles. The molecule has 2 aliphatic heterocycles. The van der Waals surface area contributed by atoms with Crippen molar-refractivity contribution < 1.29 is 24.1 Å². The second kappa shape index (κ2) is 9.75. The molecule has 174 valence electrons. The summed E-state index contributed by atoms with van der Waals surface area (Å²) in [4.78, 5) is 4.39. The predicted molar refractivity (Wildman–Crippen MR) is 122 cm³/mol. The van der Waals surface area contributed by atoms with Gasteiger partial charge in [0, 0.05) is 38.4 Å². The molecule has 2 aromatic rings. The van der Waals surface area contributed by atoms with Gasteiger partial charge in [-0.05, 0) is 61.7 Å². The van der Waals surface area contributed by atoms with Gasteiger partial charge < -0.3 is 24.6 Å². The van der Waals surface area contributed by atoms with E-state index < -0.39 is 11.2 Å². The first-order valence-corrected chi connectivity index (χ1v) is 11.3.